The highest BCUT2D eigenvalue weighted by molar-refractivity contribution is 5.76. The molecule has 0 radical (unpaired) electrons. The minimum Gasteiger partial charge on any atom is -0.369 e. The van der Waals surface area contributed by atoms with Crippen molar-refractivity contribution in [2.24, 2.45) is 11.7 Å². The Labute approximate surface area is 116 Å². The van der Waals surface area contributed by atoms with Crippen LogP contribution >= 0.6 is 0 Å². The zero-order valence-electron chi connectivity index (χ0n) is 12.5. The van der Waals surface area contributed by atoms with Crippen LogP contribution in [-0.2, 0) is 9.53 Å². The van der Waals surface area contributed by atoms with Gasteiger partial charge in [-0.3, -0.25) is 4.79 Å². The van der Waals surface area contributed by atoms with Crippen molar-refractivity contribution in [3.63, 3.8) is 0 Å². The van der Waals surface area contributed by atoms with Gasteiger partial charge in [0, 0.05) is 25.6 Å². The first-order chi connectivity index (χ1) is 8.87. The molecule has 3 unspecified atom stereocenters. The first-order valence-corrected chi connectivity index (χ1v) is 7.58. The molecule has 0 aromatic rings. The van der Waals surface area contributed by atoms with Gasteiger partial charge in [0.15, 0.2) is 0 Å². The van der Waals surface area contributed by atoms with Crippen LogP contribution in [0.15, 0.2) is 0 Å². The average molecular weight is 268 g/mol. The SMILES string of the molecule is CC1CN(C(=O)CC2CCCCC2N)CC(C)(C)O1. The molecule has 0 spiro atoms. The largest absolute Gasteiger partial charge is 0.369 e. The molecule has 2 N–H and O–H groups in total. The lowest BCUT2D eigenvalue weighted by Crippen LogP contribution is -2.54. The van der Waals surface area contributed by atoms with Gasteiger partial charge in [-0.1, -0.05) is 12.8 Å². The topological polar surface area (TPSA) is 55.6 Å². The molecule has 0 aromatic heterocycles. The summed E-state index contributed by atoms with van der Waals surface area (Å²) < 4.78 is 5.85. The number of rotatable bonds is 2. The van der Waals surface area contributed by atoms with Gasteiger partial charge in [0.2, 0.25) is 5.91 Å². The molecule has 1 heterocycles. The smallest absolute Gasteiger partial charge is 0.223 e. The molecule has 19 heavy (non-hydrogen) atoms. The molecule has 2 rings (SSSR count). The van der Waals surface area contributed by atoms with Crippen LogP contribution in [0.2, 0.25) is 0 Å². The molecule has 0 aromatic carbocycles. The van der Waals surface area contributed by atoms with E-state index in [1.165, 1.54) is 12.8 Å². The molecule has 2 fully saturated rings. The summed E-state index contributed by atoms with van der Waals surface area (Å²) in [5.74, 6) is 0.632. The molecule has 2 aliphatic rings. The van der Waals surface area contributed by atoms with Crippen LogP contribution in [0.1, 0.15) is 52.9 Å². The summed E-state index contributed by atoms with van der Waals surface area (Å²) in [6.45, 7) is 7.54. The van der Waals surface area contributed by atoms with Gasteiger partial charge in [0.1, 0.15) is 0 Å². The summed E-state index contributed by atoms with van der Waals surface area (Å²) in [7, 11) is 0. The summed E-state index contributed by atoms with van der Waals surface area (Å²) in [6.07, 6.45) is 5.35. The van der Waals surface area contributed by atoms with Crippen molar-refractivity contribution in [2.45, 2.75) is 70.6 Å². The molecule has 1 aliphatic carbocycles. The zero-order chi connectivity index (χ0) is 14.0. The molecule has 3 atom stereocenters. The van der Waals surface area contributed by atoms with E-state index in [9.17, 15) is 4.79 Å². The third-order valence-electron chi connectivity index (χ3n) is 4.33. The summed E-state index contributed by atoms with van der Waals surface area (Å²) in [5.41, 5.74) is 5.91. The summed E-state index contributed by atoms with van der Waals surface area (Å²) >= 11 is 0. The Bertz CT molecular complexity index is 330. The standard InChI is InChI=1S/C15H28N2O2/c1-11-9-17(10-15(2,3)19-11)14(18)8-12-6-4-5-7-13(12)16/h11-13H,4-10,16H2,1-3H3. The Kier molecular flexibility index (Phi) is 4.51. The number of ether oxygens (including phenoxy) is 1. The van der Waals surface area contributed by atoms with Crippen LogP contribution in [-0.4, -0.2) is 41.6 Å². The quantitative estimate of drug-likeness (QED) is 0.832. The van der Waals surface area contributed by atoms with Crippen molar-refractivity contribution >= 4 is 5.91 Å². The minimum atomic E-state index is -0.234. The van der Waals surface area contributed by atoms with E-state index in [2.05, 4.69) is 13.8 Å². The van der Waals surface area contributed by atoms with Gasteiger partial charge in [0.25, 0.3) is 0 Å². The molecule has 4 heteroatoms. The molecular formula is C15H28N2O2. The zero-order valence-corrected chi connectivity index (χ0v) is 12.5. The highest BCUT2D eigenvalue weighted by Gasteiger charge is 2.35. The molecule has 110 valence electrons. The van der Waals surface area contributed by atoms with Crippen molar-refractivity contribution in [3.8, 4) is 0 Å². The van der Waals surface area contributed by atoms with Crippen LogP contribution in [0, 0.1) is 5.92 Å². The lowest BCUT2D eigenvalue weighted by atomic mass is 9.82. The van der Waals surface area contributed by atoms with E-state index in [0.29, 0.717) is 25.4 Å². The third kappa shape index (κ3) is 3.93. The molecular weight excluding hydrogens is 240 g/mol. The van der Waals surface area contributed by atoms with Gasteiger partial charge in [-0.15, -0.1) is 0 Å². The number of amides is 1. The lowest BCUT2D eigenvalue weighted by molar-refractivity contribution is -0.159. The molecule has 1 saturated carbocycles. The highest BCUT2D eigenvalue weighted by Crippen LogP contribution is 2.28. The number of nitrogens with zero attached hydrogens (tertiary/aromatic N) is 1. The fourth-order valence-electron chi connectivity index (χ4n) is 3.49. The van der Waals surface area contributed by atoms with Gasteiger partial charge >= 0.3 is 0 Å². The first kappa shape index (κ1) is 14.8. The monoisotopic (exact) mass is 268 g/mol. The summed E-state index contributed by atoms with van der Waals surface area (Å²) in [6, 6.07) is 0.212. The van der Waals surface area contributed by atoms with Crippen molar-refractivity contribution in [2.75, 3.05) is 13.1 Å². The predicted octanol–water partition coefficient (Wildman–Crippen LogP) is 1.92. The van der Waals surface area contributed by atoms with Crippen molar-refractivity contribution < 1.29 is 9.53 Å². The van der Waals surface area contributed by atoms with Crippen molar-refractivity contribution in [3.05, 3.63) is 0 Å². The van der Waals surface area contributed by atoms with E-state index < -0.39 is 0 Å². The Balaban J connectivity index is 1.91. The van der Waals surface area contributed by atoms with Gasteiger partial charge in [0.05, 0.1) is 11.7 Å². The number of hydrogen-bond acceptors (Lipinski definition) is 3. The fourth-order valence-corrected chi connectivity index (χ4v) is 3.49. The normalized spacial score (nSPS) is 35.2. The summed E-state index contributed by atoms with van der Waals surface area (Å²) in [4.78, 5) is 14.4. The van der Waals surface area contributed by atoms with E-state index in [1.54, 1.807) is 0 Å². The lowest BCUT2D eigenvalue weighted by Gasteiger charge is -2.42. The van der Waals surface area contributed by atoms with Crippen LogP contribution in [0.5, 0.6) is 0 Å². The third-order valence-corrected chi connectivity index (χ3v) is 4.33. The van der Waals surface area contributed by atoms with E-state index in [1.807, 2.05) is 11.8 Å². The van der Waals surface area contributed by atoms with Gasteiger partial charge in [-0.05, 0) is 39.5 Å². The van der Waals surface area contributed by atoms with Crippen molar-refractivity contribution in [1.82, 2.24) is 4.90 Å². The number of carbonyl (C=O) groups excluding carboxylic acids is 1. The Morgan fingerprint density at radius 1 is 1.37 bits per heavy atom. The van der Waals surface area contributed by atoms with Crippen LogP contribution in [0.3, 0.4) is 0 Å². The second-order valence-corrected chi connectivity index (χ2v) is 6.87. The highest BCUT2D eigenvalue weighted by atomic mass is 16.5. The van der Waals surface area contributed by atoms with Crippen LogP contribution < -0.4 is 5.73 Å². The second-order valence-electron chi connectivity index (χ2n) is 6.87. The van der Waals surface area contributed by atoms with Crippen LogP contribution in [0.4, 0.5) is 0 Å². The van der Waals surface area contributed by atoms with E-state index in [-0.39, 0.29) is 23.7 Å². The Morgan fingerprint density at radius 3 is 2.68 bits per heavy atom. The maximum atomic E-state index is 12.5. The van der Waals surface area contributed by atoms with Gasteiger partial charge < -0.3 is 15.4 Å². The average Bonchev–Trinajstić information content (AvgIpc) is 2.29. The second kappa shape index (κ2) is 5.80. The number of nitrogens with two attached hydrogens (primary N) is 1. The summed E-state index contributed by atoms with van der Waals surface area (Å²) in [5, 5.41) is 0. The molecule has 4 nitrogen and oxygen atoms in total. The molecule has 1 saturated heterocycles. The van der Waals surface area contributed by atoms with Gasteiger partial charge in [-0.2, -0.15) is 0 Å². The molecule has 1 aliphatic heterocycles. The Morgan fingerprint density at radius 2 is 2.05 bits per heavy atom. The Hall–Kier alpha value is -0.610. The first-order valence-electron chi connectivity index (χ1n) is 7.58. The number of carbonyl (C=O) groups is 1. The number of hydrogen-bond donors (Lipinski definition) is 1. The maximum absolute atomic E-state index is 12.5. The van der Waals surface area contributed by atoms with Crippen LogP contribution in [0.25, 0.3) is 0 Å². The van der Waals surface area contributed by atoms with E-state index in [0.717, 1.165) is 12.8 Å². The van der Waals surface area contributed by atoms with Gasteiger partial charge in [-0.25, -0.2) is 0 Å². The minimum absolute atomic E-state index is 0.118. The van der Waals surface area contributed by atoms with E-state index >= 15 is 0 Å². The fraction of sp³-hybridized carbons (Fsp3) is 0.933. The predicted molar refractivity (Wildman–Crippen MR) is 75.8 cm³/mol. The number of morpholine rings is 1. The maximum Gasteiger partial charge on any atom is 0.223 e. The van der Waals surface area contributed by atoms with E-state index in [4.69, 9.17) is 10.5 Å². The molecule has 0 bridgehead atoms. The molecule has 1 amide bonds. The van der Waals surface area contributed by atoms with Crippen molar-refractivity contribution in [1.29, 1.82) is 0 Å².